The molecule has 0 radical (unpaired) electrons. The van der Waals surface area contributed by atoms with Gasteiger partial charge in [-0.3, -0.25) is 14.8 Å². The monoisotopic (exact) mass is 433 g/mol. The molecule has 1 aromatic carbocycles. The van der Waals surface area contributed by atoms with E-state index in [0.717, 1.165) is 0 Å². The number of hydrogen-bond acceptors (Lipinski definition) is 5. The number of alkyl halides is 6. The first-order valence-corrected chi connectivity index (χ1v) is 8.34. The summed E-state index contributed by atoms with van der Waals surface area (Å²) >= 11 is 0. The van der Waals surface area contributed by atoms with Gasteiger partial charge < -0.3 is 4.42 Å². The number of nitrogens with zero attached hydrogens (tertiary/aromatic N) is 4. The second kappa shape index (κ2) is 7.46. The lowest BCUT2D eigenvalue weighted by atomic mass is 10.0. The van der Waals surface area contributed by atoms with Gasteiger partial charge in [-0.25, -0.2) is 0 Å². The topological polar surface area (TPSA) is 85.8 Å². The summed E-state index contributed by atoms with van der Waals surface area (Å²) in [6.07, 6.45) is -8.52. The lowest BCUT2D eigenvalue weighted by Crippen LogP contribution is -2.17. The fraction of sp³-hybridized carbons (Fsp3) is 0.294. The summed E-state index contributed by atoms with van der Waals surface area (Å²) in [6.45, 7) is 3.75. The Balaban J connectivity index is 1.86. The highest BCUT2D eigenvalue weighted by Gasteiger charge is 2.37. The highest BCUT2D eigenvalue weighted by atomic mass is 19.4. The summed E-state index contributed by atoms with van der Waals surface area (Å²) in [4.78, 5) is 12.2. The van der Waals surface area contributed by atoms with E-state index < -0.39 is 41.0 Å². The van der Waals surface area contributed by atoms with Gasteiger partial charge in [-0.05, 0) is 38.1 Å². The molecule has 0 bridgehead atoms. The van der Waals surface area contributed by atoms with Crippen LogP contribution >= 0.6 is 0 Å². The third kappa shape index (κ3) is 4.60. The Bertz CT molecular complexity index is 1040. The van der Waals surface area contributed by atoms with Crippen LogP contribution in [-0.2, 0) is 12.4 Å². The first kappa shape index (κ1) is 21.3. The fourth-order valence-electron chi connectivity index (χ4n) is 2.37. The van der Waals surface area contributed by atoms with Crippen molar-refractivity contribution in [1.29, 1.82) is 0 Å². The molecule has 0 saturated heterocycles. The van der Waals surface area contributed by atoms with Crippen LogP contribution in [0.1, 0.15) is 41.4 Å². The Labute approximate surface area is 164 Å². The van der Waals surface area contributed by atoms with Crippen LogP contribution in [0.25, 0.3) is 11.6 Å². The maximum absolute atomic E-state index is 12.9. The van der Waals surface area contributed by atoms with E-state index in [1.54, 1.807) is 16.9 Å². The minimum Gasteiger partial charge on any atom is -0.401 e. The van der Waals surface area contributed by atoms with Gasteiger partial charge >= 0.3 is 18.4 Å². The second-order valence-corrected chi connectivity index (χ2v) is 6.44. The SMILES string of the molecule is CC(C)n1ccc(-c2nnc(NC(=O)c3cc(C(F)(F)F)cc(C(F)(F)F)c3)o2)n1. The molecule has 0 aliphatic rings. The molecule has 2 aromatic heterocycles. The van der Waals surface area contributed by atoms with Crippen molar-refractivity contribution in [3.8, 4) is 11.6 Å². The molecule has 1 amide bonds. The van der Waals surface area contributed by atoms with E-state index in [-0.39, 0.29) is 23.7 Å². The van der Waals surface area contributed by atoms with E-state index in [0.29, 0.717) is 12.1 Å². The summed E-state index contributed by atoms with van der Waals surface area (Å²) in [5, 5.41) is 13.3. The van der Waals surface area contributed by atoms with E-state index >= 15 is 0 Å². The van der Waals surface area contributed by atoms with Gasteiger partial charge in [0.05, 0.1) is 11.1 Å². The maximum atomic E-state index is 12.9. The first-order chi connectivity index (χ1) is 13.8. The highest BCUT2D eigenvalue weighted by molar-refractivity contribution is 6.03. The van der Waals surface area contributed by atoms with E-state index in [9.17, 15) is 31.1 Å². The van der Waals surface area contributed by atoms with E-state index in [1.165, 1.54) is 0 Å². The zero-order valence-electron chi connectivity index (χ0n) is 15.3. The summed E-state index contributed by atoms with van der Waals surface area (Å²) in [7, 11) is 0. The minimum atomic E-state index is -5.08. The largest absolute Gasteiger partial charge is 0.416 e. The fourth-order valence-corrected chi connectivity index (χ4v) is 2.37. The molecule has 160 valence electrons. The van der Waals surface area contributed by atoms with Crippen molar-refractivity contribution >= 4 is 11.9 Å². The molecule has 2 heterocycles. The Morgan fingerprint density at radius 1 is 1.03 bits per heavy atom. The summed E-state index contributed by atoms with van der Waals surface area (Å²) < 4.78 is 84.3. The molecule has 0 atom stereocenters. The normalized spacial score (nSPS) is 12.4. The third-order valence-corrected chi connectivity index (χ3v) is 3.85. The van der Waals surface area contributed by atoms with Gasteiger partial charge in [0.1, 0.15) is 5.69 Å². The molecular weight excluding hydrogens is 420 g/mol. The van der Waals surface area contributed by atoms with Crippen molar-refractivity contribution in [2.24, 2.45) is 0 Å². The molecule has 0 saturated carbocycles. The number of carbonyl (C=O) groups is 1. The van der Waals surface area contributed by atoms with E-state index in [2.05, 4.69) is 15.3 Å². The number of aromatic nitrogens is 4. The maximum Gasteiger partial charge on any atom is 0.416 e. The summed E-state index contributed by atoms with van der Waals surface area (Å²) in [6, 6.07) is 1.61. The van der Waals surface area contributed by atoms with Crippen molar-refractivity contribution in [2.45, 2.75) is 32.2 Å². The predicted octanol–water partition coefficient (Wildman–Crippen LogP) is 4.80. The number of carbonyl (C=O) groups excluding carboxylic acids is 1. The number of amides is 1. The van der Waals surface area contributed by atoms with Crippen LogP contribution in [0.2, 0.25) is 0 Å². The minimum absolute atomic E-state index is 0.0459. The number of nitrogens with one attached hydrogen (secondary N) is 1. The molecule has 1 N–H and O–H groups in total. The van der Waals surface area contributed by atoms with Gasteiger partial charge in [0, 0.05) is 17.8 Å². The van der Waals surface area contributed by atoms with Gasteiger partial charge in [0.25, 0.3) is 11.8 Å². The van der Waals surface area contributed by atoms with E-state index in [1.807, 2.05) is 19.2 Å². The van der Waals surface area contributed by atoms with Gasteiger partial charge in [-0.2, -0.15) is 31.4 Å². The average Bonchev–Trinajstić information content (AvgIpc) is 3.29. The quantitative estimate of drug-likeness (QED) is 0.598. The Hall–Kier alpha value is -3.38. The van der Waals surface area contributed by atoms with Crippen molar-refractivity contribution in [3.63, 3.8) is 0 Å². The predicted molar refractivity (Wildman–Crippen MR) is 90.3 cm³/mol. The summed E-state index contributed by atoms with van der Waals surface area (Å²) in [5.41, 5.74) is -3.84. The number of rotatable bonds is 4. The smallest absolute Gasteiger partial charge is 0.401 e. The number of anilines is 1. The Kier molecular flexibility index (Phi) is 5.31. The molecule has 30 heavy (non-hydrogen) atoms. The van der Waals surface area contributed by atoms with Crippen LogP contribution < -0.4 is 5.32 Å². The molecule has 13 heteroatoms. The highest BCUT2D eigenvalue weighted by Crippen LogP contribution is 2.36. The lowest BCUT2D eigenvalue weighted by molar-refractivity contribution is -0.143. The molecular formula is C17H13F6N5O2. The van der Waals surface area contributed by atoms with E-state index in [4.69, 9.17) is 4.42 Å². The third-order valence-electron chi connectivity index (χ3n) is 3.85. The zero-order chi connectivity index (χ0) is 22.3. The molecule has 0 unspecified atom stereocenters. The van der Waals surface area contributed by atoms with Crippen LogP contribution in [0.4, 0.5) is 32.4 Å². The van der Waals surface area contributed by atoms with Gasteiger partial charge in [-0.1, -0.05) is 5.10 Å². The molecule has 0 fully saturated rings. The molecule has 0 aliphatic heterocycles. The van der Waals surface area contributed by atoms with Gasteiger partial charge in [-0.15, -0.1) is 5.10 Å². The Morgan fingerprint density at radius 3 is 2.13 bits per heavy atom. The van der Waals surface area contributed by atoms with Crippen LogP contribution in [-0.4, -0.2) is 25.9 Å². The van der Waals surface area contributed by atoms with Crippen LogP contribution in [0, 0.1) is 0 Å². The zero-order valence-corrected chi connectivity index (χ0v) is 15.3. The second-order valence-electron chi connectivity index (χ2n) is 6.44. The standard InChI is InChI=1S/C17H13F6N5O2/c1-8(2)28-4-3-12(27-28)14-25-26-15(30-14)24-13(29)9-5-10(16(18,19)20)7-11(6-9)17(21,22)23/h3-8H,1-2H3,(H,24,26,29). The summed E-state index contributed by atoms with van der Waals surface area (Å²) in [5.74, 6) is -1.38. The van der Waals surface area contributed by atoms with Gasteiger partial charge in [0.2, 0.25) is 0 Å². The lowest BCUT2D eigenvalue weighted by Gasteiger charge is -2.13. The molecule has 7 nitrogen and oxygen atoms in total. The van der Waals surface area contributed by atoms with Crippen molar-refractivity contribution in [1.82, 2.24) is 20.0 Å². The number of halogens is 6. The first-order valence-electron chi connectivity index (χ1n) is 8.34. The number of benzene rings is 1. The van der Waals surface area contributed by atoms with Crippen molar-refractivity contribution < 1.29 is 35.6 Å². The number of hydrogen-bond donors (Lipinski definition) is 1. The molecule has 3 aromatic rings. The van der Waals surface area contributed by atoms with Crippen molar-refractivity contribution in [3.05, 3.63) is 47.2 Å². The van der Waals surface area contributed by atoms with Crippen LogP contribution in [0.3, 0.4) is 0 Å². The van der Waals surface area contributed by atoms with Crippen molar-refractivity contribution in [2.75, 3.05) is 5.32 Å². The van der Waals surface area contributed by atoms with Crippen LogP contribution in [0.5, 0.6) is 0 Å². The van der Waals surface area contributed by atoms with Crippen LogP contribution in [0.15, 0.2) is 34.9 Å². The van der Waals surface area contributed by atoms with Gasteiger partial charge in [0.15, 0.2) is 0 Å². The molecule has 0 aliphatic carbocycles. The molecule has 3 rings (SSSR count). The average molecular weight is 433 g/mol. The Morgan fingerprint density at radius 2 is 1.63 bits per heavy atom. The molecule has 0 spiro atoms.